The van der Waals surface area contributed by atoms with Crippen LogP contribution in [0.25, 0.3) is 0 Å². The van der Waals surface area contributed by atoms with E-state index in [1.807, 2.05) is 0 Å². The third-order valence-electron chi connectivity index (χ3n) is 1.31. The van der Waals surface area contributed by atoms with E-state index in [1.54, 1.807) is 27.7 Å². The first-order valence-electron chi connectivity index (χ1n) is 3.88. The quantitative estimate of drug-likeness (QED) is 0.624. The van der Waals surface area contributed by atoms with Crippen molar-refractivity contribution in [1.29, 1.82) is 0 Å². The van der Waals surface area contributed by atoms with Gasteiger partial charge in [-0.25, -0.2) is 8.78 Å². The molecule has 0 heterocycles. The minimum Gasteiger partial charge on any atom is -0.313 e. The van der Waals surface area contributed by atoms with Gasteiger partial charge in [0.05, 0.1) is 0 Å². The molecule has 0 fully saturated rings. The second kappa shape index (κ2) is 4.65. The van der Waals surface area contributed by atoms with Crippen molar-refractivity contribution in [2.45, 2.75) is 40.4 Å². The first-order chi connectivity index (χ1) is 4.95. The fraction of sp³-hybridized carbons (Fsp3) is 1.00. The minimum atomic E-state index is -1.49. The van der Waals surface area contributed by atoms with Gasteiger partial charge in [-0.1, -0.05) is 27.7 Å². The number of halogens is 2. The zero-order valence-electron chi connectivity index (χ0n) is 7.47. The van der Waals surface area contributed by atoms with Crippen LogP contribution in [0.4, 0.5) is 8.78 Å². The molecule has 0 bridgehead atoms. The molecule has 0 spiro atoms. The van der Waals surface area contributed by atoms with Gasteiger partial charge >= 0.3 is 0 Å². The average Bonchev–Trinajstić information content (AvgIpc) is 1.87. The third-order valence-corrected chi connectivity index (χ3v) is 1.31. The summed E-state index contributed by atoms with van der Waals surface area (Å²) in [6.07, 6.45) is -2.99. The topological polar surface area (TPSA) is 9.23 Å². The molecule has 1 nitrogen and oxygen atoms in total. The molecule has 0 aliphatic heterocycles. The molecule has 0 radical (unpaired) electrons. The van der Waals surface area contributed by atoms with Crippen LogP contribution < -0.4 is 0 Å². The molecule has 0 saturated heterocycles. The van der Waals surface area contributed by atoms with Gasteiger partial charge in [0.15, 0.2) is 0 Å². The summed E-state index contributed by atoms with van der Waals surface area (Å²) >= 11 is 0. The highest BCUT2D eigenvalue weighted by atomic mass is 19.2. The van der Waals surface area contributed by atoms with Crippen LogP contribution in [-0.4, -0.2) is 12.7 Å². The molecule has 0 aromatic carbocycles. The lowest BCUT2D eigenvalue weighted by molar-refractivity contribution is -0.173. The van der Waals surface area contributed by atoms with Crippen LogP contribution in [0, 0.1) is 11.8 Å². The van der Waals surface area contributed by atoms with Crippen molar-refractivity contribution in [3.05, 3.63) is 0 Å². The van der Waals surface area contributed by atoms with Crippen LogP contribution >= 0.6 is 0 Å². The Hall–Kier alpha value is -0.180. The molecule has 11 heavy (non-hydrogen) atoms. The predicted octanol–water partition coefficient (Wildman–Crippen LogP) is 2.91. The molecule has 2 atom stereocenters. The summed E-state index contributed by atoms with van der Waals surface area (Å²) in [4.78, 5) is 0. The Labute approximate surface area is 66.7 Å². The van der Waals surface area contributed by atoms with Gasteiger partial charge in [0, 0.05) is 11.8 Å². The Balaban J connectivity index is 3.66. The SMILES string of the molecule is CC(C)C(F)OC(F)C(C)C. The first kappa shape index (κ1) is 10.8. The van der Waals surface area contributed by atoms with E-state index >= 15 is 0 Å². The fourth-order valence-corrected chi connectivity index (χ4v) is 0.438. The molecule has 0 saturated carbocycles. The highest BCUT2D eigenvalue weighted by Crippen LogP contribution is 2.15. The van der Waals surface area contributed by atoms with Crippen LogP contribution in [0.5, 0.6) is 0 Å². The summed E-state index contributed by atoms with van der Waals surface area (Å²) < 4.78 is 29.8. The molecule has 0 aromatic rings. The van der Waals surface area contributed by atoms with Gasteiger partial charge in [-0.15, -0.1) is 0 Å². The third kappa shape index (κ3) is 4.30. The van der Waals surface area contributed by atoms with Crippen LogP contribution in [0.2, 0.25) is 0 Å². The number of hydrogen-bond acceptors (Lipinski definition) is 1. The first-order valence-corrected chi connectivity index (χ1v) is 3.88. The number of hydrogen-bond donors (Lipinski definition) is 0. The van der Waals surface area contributed by atoms with E-state index in [2.05, 4.69) is 4.74 Å². The Morgan fingerprint density at radius 2 is 1.09 bits per heavy atom. The molecular formula is C8H16F2O. The van der Waals surface area contributed by atoms with Crippen molar-refractivity contribution >= 4 is 0 Å². The van der Waals surface area contributed by atoms with E-state index < -0.39 is 12.7 Å². The number of rotatable bonds is 4. The molecular weight excluding hydrogens is 150 g/mol. The molecule has 0 amide bonds. The van der Waals surface area contributed by atoms with E-state index in [-0.39, 0.29) is 11.8 Å². The smallest absolute Gasteiger partial charge is 0.204 e. The number of alkyl halides is 2. The highest BCUT2D eigenvalue weighted by Gasteiger charge is 2.20. The van der Waals surface area contributed by atoms with Crippen LogP contribution in [-0.2, 0) is 4.74 Å². The van der Waals surface area contributed by atoms with Gasteiger partial charge in [-0.05, 0) is 0 Å². The molecule has 0 aliphatic rings. The summed E-state index contributed by atoms with van der Waals surface area (Å²) in [5, 5.41) is 0. The van der Waals surface area contributed by atoms with Crippen molar-refractivity contribution in [3.63, 3.8) is 0 Å². The molecule has 0 aromatic heterocycles. The zero-order chi connectivity index (χ0) is 9.02. The maximum absolute atomic E-state index is 12.7. The van der Waals surface area contributed by atoms with Gasteiger partial charge in [0.25, 0.3) is 0 Å². The Morgan fingerprint density at radius 1 is 0.818 bits per heavy atom. The Kier molecular flexibility index (Phi) is 4.57. The molecule has 68 valence electrons. The van der Waals surface area contributed by atoms with Crippen molar-refractivity contribution in [2.24, 2.45) is 11.8 Å². The van der Waals surface area contributed by atoms with Gasteiger partial charge in [0.2, 0.25) is 12.7 Å². The monoisotopic (exact) mass is 166 g/mol. The maximum atomic E-state index is 12.7. The van der Waals surface area contributed by atoms with E-state index in [1.165, 1.54) is 0 Å². The second-order valence-electron chi connectivity index (χ2n) is 3.33. The van der Waals surface area contributed by atoms with Gasteiger partial charge in [-0.3, -0.25) is 0 Å². The predicted molar refractivity (Wildman–Crippen MR) is 40.6 cm³/mol. The van der Waals surface area contributed by atoms with Crippen LogP contribution in [0.1, 0.15) is 27.7 Å². The normalized spacial score (nSPS) is 17.5. The molecule has 0 aliphatic carbocycles. The van der Waals surface area contributed by atoms with E-state index in [0.29, 0.717) is 0 Å². The summed E-state index contributed by atoms with van der Waals surface area (Å²) in [6, 6.07) is 0. The Bertz CT molecular complexity index is 92.3. The average molecular weight is 166 g/mol. The molecule has 0 N–H and O–H groups in total. The summed E-state index contributed by atoms with van der Waals surface area (Å²) in [5.41, 5.74) is 0. The van der Waals surface area contributed by atoms with Crippen molar-refractivity contribution in [3.8, 4) is 0 Å². The largest absolute Gasteiger partial charge is 0.313 e. The van der Waals surface area contributed by atoms with Crippen LogP contribution in [0.15, 0.2) is 0 Å². The molecule has 3 heteroatoms. The standard InChI is InChI=1S/C8H16F2O/c1-5(2)7(9)11-8(10)6(3)4/h5-8H,1-4H3. The summed E-state index contributed by atoms with van der Waals surface area (Å²) in [7, 11) is 0. The van der Waals surface area contributed by atoms with E-state index in [9.17, 15) is 8.78 Å². The van der Waals surface area contributed by atoms with Gasteiger partial charge < -0.3 is 4.74 Å². The minimum absolute atomic E-state index is 0.285. The Morgan fingerprint density at radius 3 is 1.27 bits per heavy atom. The second-order valence-corrected chi connectivity index (χ2v) is 3.33. The van der Waals surface area contributed by atoms with Gasteiger partial charge in [-0.2, -0.15) is 0 Å². The molecule has 0 rings (SSSR count). The van der Waals surface area contributed by atoms with E-state index in [0.717, 1.165) is 0 Å². The van der Waals surface area contributed by atoms with Crippen molar-refractivity contribution in [2.75, 3.05) is 0 Å². The zero-order valence-corrected chi connectivity index (χ0v) is 7.47. The van der Waals surface area contributed by atoms with E-state index in [4.69, 9.17) is 0 Å². The van der Waals surface area contributed by atoms with Crippen LogP contribution in [0.3, 0.4) is 0 Å². The summed E-state index contributed by atoms with van der Waals surface area (Å²) in [6.45, 7) is 6.60. The highest BCUT2D eigenvalue weighted by molar-refractivity contribution is 4.53. The lowest BCUT2D eigenvalue weighted by Gasteiger charge is -2.18. The maximum Gasteiger partial charge on any atom is 0.204 e. The van der Waals surface area contributed by atoms with Crippen molar-refractivity contribution < 1.29 is 13.5 Å². The number of ether oxygens (including phenoxy) is 1. The lowest BCUT2D eigenvalue weighted by atomic mass is 10.2. The van der Waals surface area contributed by atoms with Gasteiger partial charge in [0.1, 0.15) is 0 Å². The fourth-order valence-electron chi connectivity index (χ4n) is 0.438. The lowest BCUT2D eigenvalue weighted by Crippen LogP contribution is -2.23. The molecule has 2 unspecified atom stereocenters. The summed E-state index contributed by atoms with van der Waals surface area (Å²) in [5.74, 6) is -0.570. The van der Waals surface area contributed by atoms with Crippen molar-refractivity contribution in [1.82, 2.24) is 0 Å².